The Bertz CT molecular complexity index is 210. The minimum absolute atomic E-state index is 0.333. The van der Waals surface area contributed by atoms with E-state index in [1.807, 2.05) is 6.92 Å². The molecule has 2 fully saturated rings. The van der Waals surface area contributed by atoms with Gasteiger partial charge in [0.05, 0.1) is 5.60 Å². The largest absolute Gasteiger partial charge is 0.389 e. The van der Waals surface area contributed by atoms with Gasteiger partial charge in [-0.15, -0.1) is 0 Å². The number of hydrogen-bond acceptors (Lipinski definition) is 2. The van der Waals surface area contributed by atoms with E-state index in [1.54, 1.807) is 0 Å². The molecule has 0 aliphatic heterocycles. The Morgan fingerprint density at radius 3 is 2.23 bits per heavy atom. The zero-order valence-electron chi connectivity index (χ0n) is 8.93. The quantitative estimate of drug-likeness (QED) is 0.682. The van der Waals surface area contributed by atoms with E-state index in [2.05, 4.69) is 19.2 Å². The fourth-order valence-corrected chi connectivity index (χ4v) is 2.41. The standard InChI is InChI=1S/C11H21NO/c1-10(2)7-9(10)12-8-5-4-6-11(8,3)13/h8-9,12-13H,4-7H2,1-3H3. The van der Waals surface area contributed by atoms with Gasteiger partial charge in [0, 0.05) is 12.1 Å². The van der Waals surface area contributed by atoms with Crippen molar-refractivity contribution in [2.24, 2.45) is 5.41 Å². The van der Waals surface area contributed by atoms with Gasteiger partial charge < -0.3 is 10.4 Å². The molecule has 3 unspecified atom stereocenters. The Kier molecular flexibility index (Phi) is 1.97. The van der Waals surface area contributed by atoms with Crippen LogP contribution in [0.5, 0.6) is 0 Å². The van der Waals surface area contributed by atoms with Gasteiger partial charge in [0.15, 0.2) is 0 Å². The molecule has 0 saturated heterocycles. The summed E-state index contributed by atoms with van der Waals surface area (Å²) in [6.07, 6.45) is 4.52. The lowest BCUT2D eigenvalue weighted by Crippen LogP contribution is -2.46. The maximum Gasteiger partial charge on any atom is 0.0772 e. The van der Waals surface area contributed by atoms with Crippen molar-refractivity contribution in [3.05, 3.63) is 0 Å². The van der Waals surface area contributed by atoms with E-state index in [-0.39, 0.29) is 0 Å². The molecule has 2 N–H and O–H groups in total. The lowest BCUT2D eigenvalue weighted by molar-refractivity contribution is 0.0377. The van der Waals surface area contributed by atoms with Crippen molar-refractivity contribution in [1.29, 1.82) is 0 Å². The van der Waals surface area contributed by atoms with E-state index in [4.69, 9.17) is 0 Å². The van der Waals surface area contributed by atoms with Gasteiger partial charge in [0.25, 0.3) is 0 Å². The molecule has 2 aliphatic rings. The molecule has 0 amide bonds. The molecule has 76 valence electrons. The van der Waals surface area contributed by atoms with Crippen LogP contribution < -0.4 is 5.32 Å². The Morgan fingerprint density at radius 1 is 1.23 bits per heavy atom. The summed E-state index contributed by atoms with van der Waals surface area (Å²) in [6, 6.07) is 0.973. The molecule has 13 heavy (non-hydrogen) atoms. The highest BCUT2D eigenvalue weighted by Gasteiger charge is 2.49. The van der Waals surface area contributed by atoms with Crippen LogP contribution in [-0.2, 0) is 0 Å². The summed E-state index contributed by atoms with van der Waals surface area (Å²) in [5.41, 5.74) is 0.0112. The molecule has 2 heteroatoms. The fourth-order valence-electron chi connectivity index (χ4n) is 2.41. The first kappa shape index (κ1) is 9.47. The van der Waals surface area contributed by atoms with Crippen LogP contribution in [0.2, 0.25) is 0 Å². The van der Waals surface area contributed by atoms with Crippen LogP contribution in [0.1, 0.15) is 46.5 Å². The third-order valence-corrected chi connectivity index (χ3v) is 3.84. The zero-order valence-corrected chi connectivity index (χ0v) is 8.93. The molecule has 2 rings (SSSR count). The normalized spacial score (nSPS) is 48.0. The van der Waals surface area contributed by atoms with Crippen molar-refractivity contribution < 1.29 is 5.11 Å². The summed E-state index contributed by atoms with van der Waals surface area (Å²) in [4.78, 5) is 0. The monoisotopic (exact) mass is 183 g/mol. The molecule has 0 aromatic heterocycles. The van der Waals surface area contributed by atoms with Gasteiger partial charge in [-0.05, 0) is 38.0 Å². The smallest absolute Gasteiger partial charge is 0.0772 e. The zero-order chi connectivity index (χ0) is 9.69. The molecule has 3 atom stereocenters. The average Bonchev–Trinajstić information content (AvgIpc) is 2.41. The molecule has 2 aliphatic carbocycles. The van der Waals surface area contributed by atoms with Gasteiger partial charge in [-0.25, -0.2) is 0 Å². The molecule has 2 nitrogen and oxygen atoms in total. The maximum absolute atomic E-state index is 10.0. The van der Waals surface area contributed by atoms with Crippen molar-refractivity contribution in [2.75, 3.05) is 0 Å². The number of hydrogen-bond donors (Lipinski definition) is 2. The molecule has 0 radical (unpaired) electrons. The summed E-state index contributed by atoms with van der Waals surface area (Å²) in [6.45, 7) is 6.54. The lowest BCUT2D eigenvalue weighted by Gasteiger charge is -2.27. The molecular weight excluding hydrogens is 162 g/mol. The summed E-state index contributed by atoms with van der Waals surface area (Å²) in [7, 11) is 0. The second-order valence-electron chi connectivity index (χ2n) is 5.71. The van der Waals surface area contributed by atoms with Crippen molar-refractivity contribution >= 4 is 0 Å². The molecule has 2 saturated carbocycles. The first-order valence-electron chi connectivity index (χ1n) is 5.40. The minimum Gasteiger partial charge on any atom is -0.389 e. The van der Waals surface area contributed by atoms with Gasteiger partial charge in [0.2, 0.25) is 0 Å². The predicted octanol–water partition coefficient (Wildman–Crippen LogP) is 1.68. The topological polar surface area (TPSA) is 32.3 Å². The molecule has 0 aromatic carbocycles. The van der Waals surface area contributed by atoms with Crippen molar-refractivity contribution in [3.63, 3.8) is 0 Å². The van der Waals surface area contributed by atoms with Crippen LogP contribution in [0.25, 0.3) is 0 Å². The predicted molar refractivity (Wildman–Crippen MR) is 53.6 cm³/mol. The average molecular weight is 183 g/mol. The van der Waals surface area contributed by atoms with E-state index in [1.165, 1.54) is 6.42 Å². The van der Waals surface area contributed by atoms with E-state index >= 15 is 0 Å². The SMILES string of the molecule is CC1(C)CC1NC1CCCC1(C)O. The maximum atomic E-state index is 10.0. The molecule has 0 spiro atoms. The summed E-state index contributed by atoms with van der Waals surface area (Å²) in [5.74, 6) is 0. The van der Waals surface area contributed by atoms with Crippen LogP contribution in [-0.4, -0.2) is 22.8 Å². The van der Waals surface area contributed by atoms with Gasteiger partial charge in [-0.1, -0.05) is 13.8 Å². The van der Waals surface area contributed by atoms with Crippen LogP contribution in [0, 0.1) is 5.41 Å². The third-order valence-electron chi connectivity index (χ3n) is 3.84. The summed E-state index contributed by atoms with van der Waals surface area (Å²) < 4.78 is 0. The Balaban J connectivity index is 1.89. The van der Waals surface area contributed by atoms with E-state index in [0.717, 1.165) is 19.3 Å². The van der Waals surface area contributed by atoms with Crippen molar-refractivity contribution in [2.45, 2.75) is 64.1 Å². The van der Waals surface area contributed by atoms with E-state index in [9.17, 15) is 5.11 Å². The Morgan fingerprint density at radius 2 is 1.85 bits per heavy atom. The summed E-state index contributed by atoms with van der Waals surface area (Å²) in [5, 5.41) is 13.6. The second-order valence-corrected chi connectivity index (χ2v) is 5.71. The van der Waals surface area contributed by atoms with E-state index < -0.39 is 5.60 Å². The highest BCUT2D eigenvalue weighted by atomic mass is 16.3. The van der Waals surface area contributed by atoms with E-state index in [0.29, 0.717) is 17.5 Å². The number of rotatable bonds is 2. The fraction of sp³-hybridized carbons (Fsp3) is 1.00. The minimum atomic E-state index is -0.460. The first-order chi connectivity index (χ1) is 5.92. The molecule has 0 bridgehead atoms. The van der Waals surface area contributed by atoms with Crippen LogP contribution in [0.4, 0.5) is 0 Å². The highest BCUT2D eigenvalue weighted by Crippen LogP contribution is 2.46. The summed E-state index contributed by atoms with van der Waals surface area (Å²) >= 11 is 0. The van der Waals surface area contributed by atoms with Crippen LogP contribution in [0.15, 0.2) is 0 Å². The first-order valence-corrected chi connectivity index (χ1v) is 5.40. The Labute approximate surface area is 80.7 Å². The number of aliphatic hydroxyl groups is 1. The second kappa shape index (κ2) is 2.71. The van der Waals surface area contributed by atoms with Gasteiger partial charge in [-0.2, -0.15) is 0 Å². The van der Waals surface area contributed by atoms with Crippen LogP contribution in [0.3, 0.4) is 0 Å². The molecular formula is C11H21NO. The van der Waals surface area contributed by atoms with Crippen LogP contribution >= 0.6 is 0 Å². The highest BCUT2D eigenvalue weighted by molar-refractivity contribution is 5.06. The molecule has 0 heterocycles. The van der Waals surface area contributed by atoms with Gasteiger partial charge in [0.1, 0.15) is 0 Å². The van der Waals surface area contributed by atoms with Gasteiger partial charge in [-0.3, -0.25) is 0 Å². The van der Waals surface area contributed by atoms with Crippen molar-refractivity contribution in [3.8, 4) is 0 Å². The lowest BCUT2D eigenvalue weighted by atomic mass is 10.0. The number of nitrogens with one attached hydrogen (secondary N) is 1. The van der Waals surface area contributed by atoms with Crippen molar-refractivity contribution in [1.82, 2.24) is 5.32 Å². The molecule has 0 aromatic rings. The Hall–Kier alpha value is -0.0800. The third kappa shape index (κ3) is 1.75. The van der Waals surface area contributed by atoms with Gasteiger partial charge >= 0.3 is 0 Å².